The molecule has 0 bridgehead atoms. The molecule has 0 atom stereocenters. The number of para-hydroxylation sites is 1. The average Bonchev–Trinajstić information content (AvgIpc) is 2.67. The predicted molar refractivity (Wildman–Crippen MR) is 127 cm³/mol. The van der Waals surface area contributed by atoms with Gasteiger partial charge in [0.05, 0.1) is 12.3 Å². The van der Waals surface area contributed by atoms with Gasteiger partial charge in [0.15, 0.2) is 5.96 Å². The minimum Gasteiger partial charge on any atom is -0.489 e. The number of sulfonamides is 1. The summed E-state index contributed by atoms with van der Waals surface area (Å²) in [7, 11) is -1.52. The van der Waals surface area contributed by atoms with Crippen LogP contribution in [0.3, 0.4) is 0 Å². The van der Waals surface area contributed by atoms with Crippen LogP contribution < -0.4 is 15.4 Å². The number of nitrogens with zero attached hydrogens (tertiary/aromatic N) is 2. The molecule has 0 aromatic heterocycles. The summed E-state index contributed by atoms with van der Waals surface area (Å²) >= 11 is 0. The quantitative estimate of drug-likeness (QED) is 0.145. The molecule has 9 heteroatoms. The van der Waals surface area contributed by atoms with E-state index in [2.05, 4.69) is 22.2 Å². The number of rotatable bonds is 12. The van der Waals surface area contributed by atoms with Crippen molar-refractivity contribution < 1.29 is 13.2 Å². The average molecular weight is 524 g/mol. The molecule has 7 nitrogen and oxygen atoms in total. The van der Waals surface area contributed by atoms with Crippen LogP contribution in [0.1, 0.15) is 25.8 Å². The van der Waals surface area contributed by atoms with Gasteiger partial charge >= 0.3 is 0 Å². The molecule has 1 aromatic carbocycles. The maximum absolute atomic E-state index is 11.7. The summed E-state index contributed by atoms with van der Waals surface area (Å²) < 4.78 is 30.5. The third-order valence-electron chi connectivity index (χ3n) is 3.86. The van der Waals surface area contributed by atoms with Crippen LogP contribution in [0.4, 0.5) is 0 Å². The highest BCUT2D eigenvalue weighted by atomic mass is 127. The lowest BCUT2D eigenvalue weighted by Crippen LogP contribution is -2.39. The molecule has 0 radical (unpaired) electrons. The lowest BCUT2D eigenvalue weighted by molar-refractivity contribution is 0.359. The summed E-state index contributed by atoms with van der Waals surface area (Å²) in [6, 6.07) is 7.78. The van der Waals surface area contributed by atoms with Gasteiger partial charge in [0.2, 0.25) is 10.0 Å². The van der Waals surface area contributed by atoms with E-state index in [1.54, 1.807) is 20.0 Å². The number of hydrogen-bond acceptors (Lipinski definition) is 4. The van der Waals surface area contributed by atoms with E-state index in [1.165, 1.54) is 4.31 Å². The summed E-state index contributed by atoms with van der Waals surface area (Å²) in [5.74, 6) is 1.61. The van der Waals surface area contributed by atoms with Crippen LogP contribution >= 0.6 is 24.0 Å². The summed E-state index contributed by atoms with van der Waals surface area (Å²) in [5, 5.41) is 6.43. The maximum Gasteiger partial charge on any atom is 0.213 e. The van der Waals surface area contributed by atoms with Gasteiger partial charge in [-0.15, -0.1) is 24.0 Å². The van der Waals surface area contributed by atoms with Crippen LogP contribution in [0, 0.1) is 0 Å². The van der Waals surface area contributed by atoms with E-state index < -0.39 is 10.0 Å². The van der Waals surface area contributed by atoms with E-state index in [1.807, 2.05) is 31.2 Å². The molecule has 0 aliphatic carbocycles. The zero-order valence-corrected chi connectivity index (χ0v) is 20.1. The summed E-state index contributed by atoms with van der Waals surface area (Å²) in [6.07, 6.45) is 2.40. The molecule has 1 aromatic rings. The number of nitrogens with one attached hydrogen (secondary N) is 2. The van der Waals surface area contributed by atoms with E-state index in [4.69, 9.17) is 4.74 Å². The standard InChI is InChI=1S/C19H32N4O3S.HI/c1-5-15-26-18-12-9-8-11-17(18)16-22-19(20-6-2)21-13-10-14-23(4)27(24,25)7-3;/h5,8-9,11-12H,1,6-7,10,13-16H2,2-4H3,(H2,20,21,22);1H. The second-order valence-electron chi connectivity index (χ2n) is 5.90. The molecule has 0 aliphatic heterocycles. The van der Waals surface area contributed by atoms with Gasteiger partial charge in [-0.3, -0.25) is 0 Å². The maximum atomic E-state index is 11.7. The smallest absolute Gasteiger partial charge is 0.213 e. The summed E-state index contributed by atoms with van der Waals surface area (Å²) in [6.45, 7) is 10.1. The highest BCUT2D eigenvalue weighted by Gasteiger charge is 2.13. The van der Waals surface area contributed by atoms with Crippen molar-refractivity contribution in [2.45, 2.75) is 26.8 Å². The Morgan fingerprint density at radius 2 is 2.00 bits per heavy atom. The molecule has 0 amide bonds. The second kappa shape index (κ2) is 14.6. The summed E-state index contributed by atoms with van der Waals surface area (Å²) in [4.78, 5) is 4.59. The van der Waals surface area contributed by atoms with Gasteiger partial charge in [-0.05, 0) is 26.3 Å². The highest BCUT2D eigenvalue weighted by Crippen LogP contribution is 2.18. The number of halogens is 1. The number of aliphatic imine (C=N–C) groups is 1. The zero-order valence-electron chi connectivity index (χ0n) is 17.0. The Hall–Kier alpha value is -1.33. The first-order valence-electron chi connectivity index (χ1n) is 9.22. The van der Waals surface area contributed by atoms with E-state index >= 15 is 0 Å². The van der Waals surface area contributed by atoms with Gasteiger partial charge in [-0.25, -0.2) is 17.7 Å². The van der Waals surface area contributed by atoms with Crippen LogP contribution in [-0.4, -0.2) is 57.7 Å². The van der Waals surface area contributed by atoms with E-state index in [9.17, 15) is 8.42 Å². The zero-order chi connectivity index (χ0) is 20.1. The van der Waals surface area contributed by atoms with E-state index in [0.717, 1.165) is 17.9 Å². The molecule has 0 fully saturated rings. The van der Waals surface area contributed by atoms with Gasteiger partial charge in [-0.2, -0.15) is 0 Å². The minimum atomic E-state index is -3.13. The molecule has 0 spiro atoms. The minimum absolute atomic E-state index is 0. The molecule has 0 heterocycles. The highest BCUT2D eigenvalue weighted by molar-refractivity contribution is 14.0. The fourth-order valence-corrected chi connectivity index (χ4v) is 3.15. The van der Waals surface area contributed by atoms with Gasteiger partial charge in [0.1, 0.15) is 12.4 Å². The van der Waals surface area contributed by atoms with Gasteiger partial charge < -0.3 is 15.4 Å². The fraction of sp³-hybridized carbons (Fsp3) is 0.526. The first kappa shape index (κ1) is 26.7. The SMILES string of the molecule is C=CCOc1ccccc1CN=C(NCC)NCCCN(C)S(=O)(=O)CC.I. The van der Waals surface area contributed by atoms with Crippen LogP contribution in [0.2, 0.25) is 0 Å². The van der Waals surface area contributed by atoms with E-state index in [0.29, 0.717) is 38.6 Å². The Morgan fingerprint density at radius 3 is 2.64 bits per heavy atom. The molecule has 160 valence electrons. The molecule has 0 aliphatic rings. The summed E-state index contributed by atoms with van der Waals surface area (Å²) in [5.41, 5.74) is 0.991. The number of benzene rings is 1. The number of guanidine groups is 1. The Balaban J connectivity index is 0.00000729. The Labute approximate surface area is 186 Å². The Bertz CT molecular complexity index is 711. The fourth-order valence-electron chi connectivity index (χ4n) is 2.30. The predicted octanol–water partition coefficient (Wildman–Crippen LogP) is 2.60. The third kappa shape index (κ3) is 9.74. The molecule has 0 unspecified atom stereocenters. The van der Waals surface area contributed by atoms with Crippen molar-refractivity contribution in [3.63, 3.8) is 0 Å². The van der Waals surface area contributed by atoms with Crippen LogP contribution in [0.25, 0.3) is 0 Å². The molecular weight excluding hydrogens is 491 g/mol. The third-order valence-corrected chi connectivity index (χ3v) is 5.72. The van der Waals surface area contributed by atoms with Crippen LogP contribution in [0.15, 0.2) is 41.9 Å². The topological polar surface area (TPSA) is 83.0 Å². The normalized spacial score (nSPS) is 11.6. The lowest BCUT2D eigenvalue weighted by Gasteiger charge is -2.17. The van der Waals surface area contributed by atoms with E-state index in [-0.39, 0.29) is 29.7 Å². The monoisotopic (exact) mass is 524 g/mol. The van der Waals surface area contributed by atoms with Crippen molar-refractivity contribution in [1.82, 2.24) is 14.9 Å². The van der Waals surface area contributed by atoms with Gasteiger partial charge in [0.25, 0.3) is 0 Å². The second-order valence-corrected chi connectivity index (χ2v) is 8.27. The van der Waals surface area contributed by atoms with Crippen molar-refractivity contribution in [1.29, 1.82) is 0 Å². The molecule has 28 heavy (non-hydrogen) atoms. The van der Waals surface area contributed by atoms with Crippen molar-refractivity contribution in [2.75, 3.05) is 39.0 Å². The Kier molecular flexibility index (Phi) is 13.9. The largest absolute Gasteiger partial charge is 0.489 e. The Morgan fingerprint density at radius 1 is 1.29 bits per heavy atom. The first-order chi connectivity index (χ1) is 12.9. The molecule has 2 N–H and O–H groups in total. The number of hydrogen-bond donors (Lipinski definition) is 2. The molecular formula is C19H33IN4O3S. The van der Waals surface area contributed by atoms with Crippen molar-refractivity contribution in [3.8, 4) is 5.75 Å². The molecule has 0 saturated carbocycles. The van der Waals surface area contributed by atoms with Crippen molar-refractivity contribution in [3.05, 3.63) is 42.5 Å². The lowest BCUT2D eigenvalue weighted by atomic mass is 10.2. The van der Waals surface area contributed by atoms with Crippen molar-refractivity contribution in [2.24, 2.45) is 4.99 Å². The number of ether oxygens (including phenoxy) is 1. The van der Waals surface area contributed by atoms with Crippen LogP contribution in [0.5, 0.6) is 5.75 Å². The van der Waals surface area contributed by atoms with Crippen molar-refractivity contribution >= 4 is 40.0 Å². The van der Waals surface area contributed by atoms with Gasteiger partial charge in [0, 0.05) is 32.2 Å². The molecule has 0 saturated heterocycles. The van der Waals surface area contributed by atoms with Gasteiger partial charge in [-0.1, -0.05) is 30.9 Å². The van der Waals surface area contributed by atoms with Crippen LogP contribution in [-0.2, 0) is 16.6 Å². The first-order valence-corrected chi connectivity index (χ1v) is 10.8. The molecule has 1 rings (SSSR count).